The number of rotatable bonds is 4. The lowest BCUT2D eigenvalue weighted by Crippen LogP contribution is -2.16. The van der Waals surface area contributed by atoms with Crippen molar-refractivity contribution in [2.24, 2.45) is 0 Å². The van der Waals surface area contributed by atoms with E-state index in [1.165, 1.54) is 22.7 Å². The number of fused-ring (bicyclic) bond motifs is 1. The van der Waals surface area contributed by atoms with Gasteiger partial charge >= 0.3 is 5.69 Å². The first kappa shape index (κ1) is 15.9. The topological polar surface area (TPSA) is 89.5 Å². The number of halogens is 2. The zero-order valence-corrected chi connectivity index (χ0v) is 12.8. The number of benzene rings is 1. The van der Waals surface area contributed by atoms with Crippen LogP contribution in [-0.2, 0) is 6.54 Å². The fourth-order valence-corrected chi connectivity index (χ4v) is 2.33. The number of nitro benzene ring substituents is 1. The summed E-state index contributed by atoms with van der Waals surface area (Å²) in [7, 11) is 0. The average molecular weight is 349 g/mol. The molecule has 0 aliphatic carbocycles. The van der Waals surface area contributed by atoms with E-state index in [0.717, 1.165) is 12.1 Å². The highest BCUT2D eigenvalue weighted by atomic mass is 35.5. The molecule has 1 N–H and O–H groups in total. The molecule has 3 rings (SSSR count). The van der Waals surface area contributed by atoms with Gasteiger partial charge in [-0.2, -0.15) is 4.39 Å². The molecule has 3 aromatic rings. The lowest BCUT2D eigenvalue weighted by atomic mass is 10.2. The van der Waals surface area contributed by atoms with E-state index < -0.39 is 16.4 Å². The Kier molecular flexibility index (Phi) is 4.13. The van der Waals surface area contributed by atoms with Gasteiger partial charge in [-0.3, -0.25) is 19.3 Å². The van der Waals surface area contributed by atoms with Crippen molar-refractivity contribution in [3.05, 3.63) is 79.6 Å². The molecule has 0 saturated carbocycles. The van der Waals surface area contributed by atoms with Crippen molar-refractivity contribution in [1.82, 2.24) is 9.38 Å². The molecule has 122 valence electrons. The fourth-order valence-electron chi connectivity index (χ4n) is 2.17. The minimum atomic E-state index is -0.912. The van der Waals surface area contributed by atoms with E-state index in [9.17, 15) is 19.3 Å². The molecular weight excluding hydrogens is 339 g/mol. The van der Waals surface area contributed by atoms with Gasteiger partial charge in [0.15, 0.2) is 0 Å². The van der Waals surface area contributed by atoms with Crippen LogP contribution in [0.1, 0.15) is 5.69 Å². The van der Waals surface area contributed by atoms with Gasteiger partial charge in [0.25, 0.3) is 5.56 Å². The summed E-state index contributed by atoms with van der Waals surface area (Å²) >= 11 is 5.84. The van der Waals surface area contributed by atoms with Crippen molar-refractivity contribution in [2.45, 2.75) is 6.54 Å². The molecule has 0 saturated heterocycles. The zero-order valence-electron chi connectivity index (χ0n) is 12.1. The fraction of sp³-hybridized carbons (Fsp3) is 0.0667. The van der Waals surface area contributed by atoms with Gasteiger partial charge in [0.2, 0.25) is 5.82 Å². The Labute approximate surface area is 139 Å². The second-order valence-corrected chi connectivity index (χ2v) is 5.37. The molecule has 0 radical (unpaired) electrons. The summed E-state index contributed by atoms with van der Waals surface area (Å²) in [5, 5.41) is 14.0. The Morgan fingerprint density at radius 3 is 2.83 bits per heavy atom. The standard InChI is InChI=1S/C15H10ClFN4O3/c16-9-1-4-14-19-11(6-15(22)20(14)8-9)7-18-10-2-3-12(17)13(5-10)21(23)24/h1-6,8,18H,7H2. The molecule has 9 heteroatoms. The smallest absolute Gasteiger partial charge is 0.306 e. The second kappa shape index (κ2) is 6.25. The maximum atomic E-state index is 13.3. The van der Waals surface area contributed by atoms with Crippen molar-refractivity contribution >= 4 is 28.6 Å². The molecule has 0 fully saturated rings. The number of aromatic nitrogens is 2. The van der Waals surface area contributed by atoms with E-state index in [1.54, 1.807) is 12.1 Å². The lowest BCUT2D eigenvalue weighted by Gasteiger charge is -2.07. The van der Waals surface area contributed by atoms with Crippen LogP contribution in [0.5, 0.6) is 0 Å². The maximum Gasteiger partial charge on any atom is 0.306 e. The third-order valence-corrected chi connectivity index (χ3v) is 3.52. The molecule has 0 bridgehead atoms. The molecule has 0 atom stereocenters. The van der Waals surface area contributed by atoms with Gasteiger partial charge in [-0.1, -0.05) is 11.6 Å². The number of hydrogen-bond acceptors (Lipinski definition) is 5. The number of nitrogens with zero attached hydrogens (tertiary/aromatic N) is 3. The largest absolute Gasteiger partial charge is 0.379 e. The minimum absolute atomic E-state index is 0.150. The lowest BCUT2D eigenvalue weighted by molar-refractivity contribution is -0.387. The first-order valence-electron chi connectivity index (χ1n) is 6.80. The first-order chi connectivity index (χ1) is 11.4. The van der Waals surface area contributed by atoms with E-state index in [1.807, 2.05) is 0 Å². The van der Waals surface area contributed by atoms with E-state index in [0.29, 0.717) is 22.1 Å². The van der Waals surface area contributed by atoms with Crippen LogP contribution in [0.4, 0.5) is 15.8 Å². The predicted molar refractivity (Wildman–Crippen MR) is 86.9 cm³/mol. The van der Waals surface area contributed by atoms with Gasteiger partial charge in [0.1, 0.15) is 5.65 Å². The Hall–Kier alpha value is -3.00. The van der Waals surface area contributed by atoms with E-state index in [-0.39, 0.29) is 12.1 Å². The molecule has 0 aliphatic rings. The van der Waals surface area contributed by atoms with E-state index in [4.69, 9.17) is 11.6 Å². The summed E-state index contributed by atoms with van der Waals surface area (Å²) in [4.78, 5) is 26.3. The number of pyridine rings is 1. The van der Waals surface area contributed by atoms with Crippen molar-refractivity contribution < 1.29 is 9.31 Å². The number of nitro groups is 1. The molecular formula is C15H10ClFN4O3. The maximum absolute atomic E-state index is 13.3. The summed E-state index contributed by atoms with van der Waals surface area (Å²) in [6.45, 7) is 0.150. The first-order valence-corrected chi connectivity index (χ1v) is 7.17. The van der Waals surface area contributed by atoms with Gasteiger partial charge in [0, 0.05) is 24.0 Å². The summed E-state index contributed by atoms with van der Waals surface area (Å²) in [6.07, 6.45) is 1.47. The number of anilines is 1. The Balaban J connectivity index is 1.86. The summed E-state index contributed by atoms with van der Waals surface area (Å²) < 4.78 is 14.6. The van der Waals surface area contributed by atoms with Crippen LogP contribution < -0.4 is 10.9 Å². The minimum Gasteiger partial charge on any atom is -0.379 e. The van der Waals surface area contributed by atoms with Crippen LogP contribution in [0.2, 0.25) is 5.02 Å². The number of nitrogens with one attached hydrogen (secondary N) is 1. The third-order valence-electron chi connectivity index (χ3n) is 3.29. The monoisotopic (exact) mass is 348 g/mol. The summed E-state index contributed by atoms with van der Waals surface area (Å²) in [5.74, 6) is -0.912. The van der Waals surface area contributed by atoms with E-state index >= 15 is 0 Å². The molecule has 2 aromatic heterocycles. The van der Waals surface area contributed by atoms with Crippen molar-refractivity contribution in [3.63, 3.8) is 0 Å². The second-order valence-electron chi connectivity index (χ2n) is 4.94. The molecule has 0 unspecified atom stereocenters. The molecule has 0 spiro atoms. The molecule has 1 aromatic carbocycles. The average Bonchev–Trinajstić information content (AvgIpc) is 2.54. The van der Waals surface area contributed by atoms with Gasteiger partial charge in [-0.05, 0) is 24.3 Å². The highest BCUT2D eigenvalue weighted by Gasteiger charge is 2.14. The molecule has 7 nitrogen and oxygen atoms in total. The van der Waals surface area contributed by atoms with Crippen molar-refractivity contribution in [3.8, 4) is 0 Å². The van der Waals surface area contributed by atoms with Crippen LogP contribution in [0.3, 0.4) is 0 Å². The van der Waals surface area contributed by atoms with Gasteiger partial charge in [-0.25, -0.2) is 4.98 Å². The Morgan fingerprint density at radius 2 is 2.08 bits per heavy atom. The molecule has 2 heterocycles. The summed E-state index contributed by atoms with van der Waals surface area (Å²) in [6, 6.07) is 8.01. The quantitative estimate of drug-likeness (QED) is 0.578. The van der Waals surface area contributed by atoms with Crippen molar-refractivity contribution in [1.29, 1.82) is 0 Å². The van der Waals surface area contributed by atoms with Crippen LogP contribution in [0.15, 0.2) is 47.4 Å². The third kappa shape index (κ3) is 3.18. The Bertz CT molecular complexity index is 1010. The van der Waals surface area contributed by atoms with Gasteiger partial charge in [-0.15, -0.1) is 0 Å². The van der Waals surface area contributed by atoms with E-state index in [2.05, 4.69) is 10.3 Å². The normalized spacial score (nSPS) is 10.8. The summed E-state index contributed by atoms with van der Waals surface area (Å²) in [5.41, 5.74) is 0.287. The molecule has 0 amide bonds. The predicted octanol–water partition coefficient (Wildman–Crippen LogP) is 3.01. The van der Waals surface area contributed by atoms with Crippen LogP contribution >= 0.6 is 11.6 Å². The van der Waals surface area contributed by atoms with Crippen LogP contribution in [-0.4, -0.2) is 14.3 Å². The van der Waals surface area contributed by atoms with Crippen LogP contribution in [0, 0.1) is 15.9 Å². The van der Waals surface area contributed by atoms with Crippen LogP contribution in [0.25, 0.3) is 5.65 Å². The van der Waals surface area contributed by atoms with Gasteiger partial charge in [0.05, 0.1) is 22.2 Å². The highest BCUT2D eigenvalue weighted by Crippen LogP contribution is 2.21. The SMILES string of the molecule is O=c1cc(CNc2ccc(F)c([N+](=O)[O-])c2)nc2ccc(Cl)cn12. The molecule has 24 heavy (non-hydrogen) atoms. The van der Waals surface area contributed by atoms with Crippen molar-refractivity contribution in [2.75, 3.05) is 5.32 Å². The molecule has 0 aliphatic heterocycles. The van der Waals surface area contributed by atoms with Gasteiger partial charge < -0.3 is 5.32 Å². The number of hydrogen-bond donors (Lipinski definition) is 1. The highest BCUT2D eigenvalue weighted by molar-refractivity contribution is 6.30. The zero-order chi connectivity index (χ0) is 17.3. The Morgan fingerprint density at radius 1 is 1.29 bits per heavy atom.